The molecule has 0 bridgehead atoms. The van der Waals surface area contributed by atoms with Crippen molar-refractivity contribution in [3.63, 3.8) is 0 Å². The Morgan fingerprint density at radius 3 is 2.64 bits per heavy atom. The SMILES string of the molecule is Cc1c(O)cc(C=O)cc1Br. The van der Waals surface area contributed by atoms with Crippen LogP contribution in [0.25, 0.3) is 0 Å². The fourth-order valence-corrected chi connectivity index (χ4v) is 1.22. The van der Waals surface area contributed by atoms with Crippen LogP contribution in [0.4, 0.5) is 0 Å². The first-order chi connectivity index (χ1) is 5.15. The van der Waals surface area contributed by atoms with Crippen molar-refractivity contribution >= 4 is 22.2 Å². The third-order valence-corrected chi connectivity index (χ3v) is 2.30. The van der Waals surface area contributed by atoms with Gasteiger partial charge in [-0.1, -0.05) is 15.9 Å². The Kier molecular flexibility index (Phi) is 2.29. The van der Waals surface area contributed by atoms with E-state index in [2.05, 4.69) is 15.9 Å². The lowest BCUT2D eigenvalue weighted by Gasteiger charge is -2.01. The maximum Gasteiger partial charge on any atom is 0.150 e. The lowest BCUT2D eigenvalue weighted by molar-refractivity contribution is 0.112. The molecule has 0 aliphatic heterocycles. The molecule has 0 radical (unpaired) electrons. The predicted molar refractivity (Wildman–Crippen MR) is 45.9 cm³/mol. The Labute approximate surface area is 73.0 Å². The van der Waals surface area contributed by atoms with E-state index in [9.17, 15) is 9.90 Å². The van der Waals surface area contributed by atoms with Gasteiger partial charge in [0.2, 0.25) is 0 Å². The molecule has 0 atom stereocenters. The second-order valence-corrected chi connectivity index (χ2v) is 3.12. The van der Waals surface area contributed by atoms with E-state index in [4.69, 9.17) is 0 Å². The summed E-state index contributed by atoms with van der Waals surface area (Å²) >= 11 is 3.22. The minimum Gasteiger partial charge on any atom is -0.508 e. The number of phenols is 1. The fraction of sp³-hybridized carbons (Fsp3) is 0.125. The number of aromatic hydroxyl groups is 1. The minimum atomic E-state index is 0.140. The topological polar surface area (TPSA) is 37.3 Å². The van der Waals surface area contributed by atoms with E-state index in [1.807, 2.05) is 0 Å². The molecule has 0 unspecified atom stereocenters. The van der Waals surface area contributed by atoms with Crippen LogP contribution in [0.5, 0.6) is 5.75 Å². The molecule has 0 aliphatic rings. The van der Waals surface area contributed by atoms with Crippen molar-refractivity contribution in [3.05, 3.63) is 27.7 Å². The van der Waals surface area contributed by atoms with Crippen LogP contribution in [-0.4, -0.2) is 11.4 Å². The first kappa shape index (κ1) is 8.27. The molecule has 0 spiro atoms. The van der Waals surface area contributed by atoms with Crippen molar-refractivity contribution in [1.82, 2.24) is 0 Å². The van der Waals surface area contributed by atoms with Gasteiger partial charge in [0.25, 0.3) is 0 Å². The minimum absolute atomic E-state index is 0.140. The number of phenolic OH excluding ortho intramolecular Hbond substituents is 1. The molecule has 1 aromatic rings. The number of benzene rings is 1. The molecule has 1 rings (SSSR count). The molecule has 0 amide bonds. The van der Waals surface area contributed by atoms with Crippen LogP contribution in [0.3, 0.4) is 0 Å². The van der Waals surface area contributed by atoms with E-state index in [1.165, 1.54) is 6.07 Å². The smallest absolute Gasteiger partial charge is 0.150 e. The summed E-state index contributed by atoms with van der Waals surface area (Å²) in [5, 5.41) is 9.22. The molecule has 0 saturated heterocycles. The number of hydrogen-bond donors (Lipinski definition) is 1. The summed E-state index contributed by atoms with van der Waals surface area (Å²) < 4.78 is 0.750. The van der Waals surface area contributed by atoms with Crippen LogP contribution in [0.2, 0.25) is 0 Å². The van der Waals surface area contributed by atoms with E-state index in [0.29, 0.717) is 11.8 Å². The predicted octanol–water partition coefficient (Wildman–Crippen LogP) is 2.28. The van der Waals surface area contributed by atoms with E-state index in [-0.39, 0.29) is 5.75 Å². The van der Waals surface area contributed by atoms with Crippen molar-refractivity contribution in [2.24, 2.45) is 0 Å². The summed E-state index contributed by atoms with van der Waals surface area (Å²) in [6.45, 7) is 1.77. The summed E-state index contributed by atoms with van der Waals surface area (Å²) in [6.07, 6.45) is 0.698. The molecular formula is C8H7BrO2. The zero-order valence-electron chi connectivity index (χ0n) is 5.97. The highest BCUT2D eigenvalue weighted by molar-refractivity contribution is 9.10. The van der Waals surface area contributed by atoms with E-state index in [0.717, 1.165) is 10.0 Å². The van der Waals surface area contributed by atoms with Crippen LogP contribution in [-0.2, 0) is 0 Å². The second-order valence-electron chi connectivity index (χ2n) is 2.26. The Morgan fingerprint density at radius 2 is 2.18 bits per heavy atom. The molecule has 0 saturated carbocycles. The summed E-state index contributed by atoms with van der Waals surface area (Å²) in [5.41, 5.74) is 1.22. The maximum absolute atomic E-state index is 10.3. The van der Waals surface area contributed by atoms with Gasteiger partial charge in [-0.15, -0.1) is 0 Å². The molecule has 0 fully saturated rings. The molecule has 2 nitrogen and oxygen atoms in total. The molecule has 0 aliphatic carbocycles. The van der Waals surface area contributed by atoms with Gasteiger partial charge in [0.1, 0.15) is 12.0 Å². The van der Waals surface area contributed by atoms with Crippen molar-refractivity contribution in [2.75, 3.05) is 0 Å². The maximum atomic E-state index is 10.3. The Balaban J connectivity index is 3.31. The molecule has 3 heteroatoms. The molecule has 58 valence electrons. The number of carbonyl (C=O) groups excluding carboxylic acids is 1. The highest BCUT2D eigenvalue weighted by atomic mass is 79.9. The first-order valence-corrected chi connectivity index (χ1v) is 3.88. The number of aldehydes is 1. The summed E-state index contributed by atoms with van der Waals surface area (Å²) in [7, 11) is 0. The number of halogens is 1. The van der Waals surface area contributed by atoms with Gasteiger partial charge in [0.05, 0.1) is 0 Å². The standard InChI is InChI=1S/C8H7BrO2/c1-5-7(9)2-6(4-10)3-8(5)11/h2-4,11H,1H3. The lowest BCUT2D eigenvalue weighted by atomic mass is 10.1. The van der Waals surface area contributed by atoms with Gasteiger partial charge < -0.3 is 5.11 Å². The van der Waals surface area contributed by atoms with Crippen LogP contribution in [0.1, 0.15) is 15.9 Å². The number of carbonyl (C=O) groups is 1. The summed E-state index contributed by atoms with van der Waals surface area (Å²) in [4.78, 5) is 10.3. The second kappa shape index (κ2) is 3.05. The molecule has 1 aromatic carbocycles. The molecule has 0 aromatic heterocycles. The number of rotatable bonds is 1. The van der Waals surface area contributed by atoms with E-state index >= 15 is 0 Å². The highest BCUT2D eigenvalue weighted by Gasteiger charge is 2.02. The molecule has 1 N–H and O–H groups in total. The first-order valence-electron chi connectivity index (χ1n) is 3.09. The van der Waals surface area contributed by atoms with Crippen LogP contribution >= 0.6 is 15.9 Å². The molecule has 11 heavy (non-hydrogen) atoms. The van der Waals surface area contributed by atoms with Crippen LogP contribution in [0.15, 0.2) is 16.6 Å². The average molecular weight is 215 g/mol. The van der Waals surface area contributed by atoms with Crippen LogP contribution in [0, 0.1) is 6.92 Å². The van der Waals surface area contributed by atoms with Gasteiger partial charge >= 0.3 is 0 Å². The van der Waals surface area contributed by atoms with Crippen molar-refractivity contribution in [2.45, 2.75) is 6.92 Å². The number of hydrogen-bond acceptors (Lipinski definition) is 2. The zero-order chi connectivity index (χ0) is 8.43. The Bertz CT molecular complexity index is 271. The van der Waals surface area contributed by atoms with Crippen molar-refractivity contribution in [3.8, 4) is 5.75 Å². The van der Waals surface area contributed by atoms with Gasteiger partial charge in [0, 0.05) is 15.6 Å². The third kappa shape index (κ3) is 1.60. The van der Waals surface area contributed by atoms with Gasteiger partial charge in [-0.3, -0.25) is 4.79 Å². The van der Waals surface area contributed by atoms with E-state index < -0.39 is 0 Å². The normalized spacial score (nSPS) is 9.64. The Hall–Kier alpha value is -0.830. The largest absolute Gasteiger partial charge is 0.508 e. The van der Waals surface area contributed by atoms with Gasteiger partial charge in [-0.2, -0.15) is 0 Å². The zero-order valence-corrected chi connectivity index (χ0v) is 7.55. The summed E-state index contributed by atoms with van der Waals surface area (Å²) in [6, 6.07) is 3.11. The Morgan fingerprint density at radius 1 is 1.55 bits per heavy atom. The van der Waals surface area contributed by atoms with Crippen molar-refractivity contribution in [1.29, 1.82) is 0 Å². The third-order valence-electron chi connectivity index (χ3n) is 1.48. The van der Waals surface area contributed by atoms with Gasteiger partial charge in [0.15, 0.2) is 0 Å². The van der Waals surface area contributed by atoms with Gasteiger partial charge in [-0.25, -0.2) is 0 Å². The average Bonchev–Trinajstić information content (AvgIpc) is 1.99. The summed E-state index contributed by atoms with van der Waals surface area (Å²) in [5.74, 6) is 0.140. The highest BCUT2D eigenvalue weighted by Crippen LogP contribution is 2.25. The quantitative estimate of drug-likeness (QED) is 0.729. The van der Waals surface area contributed by atoms with Crippen molar-refractivity contribution < 1.29 is 9.90 Å². The van der Waals surface area contributed by atoms with Crippen LogP contribution < -0.4 is 0 Å². The van der Waals surface area contributed by atoms with Gasteiger partial charge in [-0.05, 0) is 19.1 Å². The fourth-order valence-electron chi connectivity index (χ4n) is 0.753. The lowest BCUT2D eigenvalue weighted by Crippen LogP contribution is -1.83. The molecular weight excluding hydrogens is 208 g/mol. The molecule has 0 heterocycles. The monoisotopic (exact) mass is 214 g/mol. The van der Waals surface area contributed by atoms with E-state index in [1.54, 1.807) is 13.0 Å².